The number of hydrogen-bond acceptors (Lipinski definition) is 6. The molecule has 0 saturated carbocycles. The van der Waals surface area contributed by atoms with Gasteiger partial charge in [-0.3, -0.25) is 0 Å². The summed E-state index contributed by atoms with van der Waals surface area (Å²) in [5.74, 6) is -0.913. The molecule has 6 heteroatoms. The van der Waals surface area contributed by atoms with Crippen LogP contribution in [-0.4, -0.2) is 44.7 Å². The Morgan fingerprint density at radius 2 is 1.60 bits per heavy atom. The first-order valence-electron chi connectivity index (χ1n) is 8.72. The largest absolute Gasteiger partial charge is 0.462 e. The molecule has 142 valence electrons. The van der Waals surface area contributed by atoms with E-state index in [4.69, 9.17) is 18.9 Å². The first-order valence-corrected chi connectivity index (χ1v) is 8.72. The summed E-state index contributed by atoms with van der Waals surface area (Å²) >= 11 is 0. The lowest BCUT2D eigenvalue weighted by molar-refractivity contribution is -0.288. The molecular formula is C19H30O6. The van der Waals surface area contributed by atoms with Crippen LogP contribution in [0.25, 0.3) is 0 Å². The molecule has 0 spiro atoms. The first kappa shape index (κ1) is 21.4. The fraction of sp³-hybridized carbons (Fsp3) is 0.684. The van der Waals surface area contributed by atoms with Crippen molar-refractivity contribution < 1.29 is 28.5 Å². The normalized spacial score (nSPS) is 23.6. The van der Waals surface area contributed by atoms with Crippen molar-refractivity contribution in [3.8, 4) is 0 Å². The van der Waals surface area contributed by atoms with E-state index in [0.29, 0.717) is 13.2 Å². The van der Waals surface area contributed by atoms with Crippen LogP contribution in [0.4, 0.5) is 0 Å². The van der Waals surface area contributed by atoms with Crippen molar-refractivity contribution in [1.82, 2.24) is 0 Å². The molecule has 0 aromatic carbocycles. The topological polar surface area (TPSA) is 71.1 Å². The molecule has 0 aromatic rings. The van der Waals surface area contributed by atoms with Gasteiger partial charge in [-0.15, -0.1) is 0 Å². The summed E-state index contributed by atoms with van der Waals surface area (Å²) in [7, 11) is 0. The average Bonchev–Trinajstić information content (AvgIpc) is 2.67. The van der Waals surface area contributed by atoms with Crippen molar-refractivity contribution in [1.29, 1.82) is 0 Å². The quantitative estimate of drug-likeness (QED) is 0.444. The van der Waals surface area contributed by atoms with E-state index in [2.05, 4.69) is 13.2 Å². The summed E-state index contributed by atoms with van der Waals surface area (Å²) in [5.41, 5.74) is -0.795. The van der Waals surface area contributed by atoms with E-state index in [1.165, 1.54) is 0 Å². The molecule has 0 atom stereocenters. The van der Waals surface area contributed by atoms with Crippen LogP contribution >= 0.6 is 0 Å². The van der Waals surface area contributed by atoms with Crippen molar-refractivity contribution in [3.05, 3.63) is 25.3 Å². The maximum atomic E-state index is 11.4. The molecule has 1 aliphatic rings. The minimum atomic E-state index is -0.477. The van der Waals surface area contributed by atoms with E-state index in [-0.39, 0.29) is 18.6 Å². The van der Waals surface area contributed by atoms with Gasteiger partial charge in [0.25, 0.3) is 0 Å². The molecule has 0 aliphatic carbocycles. The maximum Gasteiger partial charge on any atom is 0.330 e. The lowest BCUT2D eigenvalue weighted by atomic mass is 9.80. The molecule has 0 N–H and O–H groups in total. The minimum Gasteiger partial charge on any atom is -0.462 e. The molecule has 1 fully saturated rings. The number of carbonyl (C=O) groups excluding carboxylic acids is 2. The molecule has 1 rings (SSSR count). The van der Waals surface area contributed by atoms with E-state index in [1.807, 2.05) is 20.8 Å². The van der Waals surface area contributed by atoms with Gasteiger partial charge in [0.2, 0.25) is 0 Å². The summed E-state index contributed by atoms with van der Waals surface area (Å²) in [6.07, 6.45) is 4.04. The van der Waals surface area contributed by atoms with Gasteiger partial charge in [0, 0.05) is 12.2 Å². The Bertz CT molecular complexity index is 472. The van der Waals surface area contributed by atoms with Gasteiger partial charge in [0.15, 0.2) is 6.29 Å². The van der Waals surface area contributed by atoms with E-state index in [9.17, 15) is 9.59 Å². The van der Waals surface area contributed by atoms with Crippen LogP contribution in [0, 0.1) is 10.8 Å². The molecule has 1 heterocycles. The molecule has 25 heavy (non-hydrogen) atoms. The van der Waals surface area contributed by atoms with Gasteiger partial charge in [0.05, 0.1) is 24.0 Å². The fourth-order valence-corrected chi connectivity index (χ4v) is 2.75. The Labute approximate surface area is 150 Å². The van der Waals surface area contributed by atoms with Crippen molar-refractivity contribution >= 4 is 11.9 Å². The number of carbonyl (C=O) groups is 2. The predicted molar refractivity (Wildman–Crippen MR) is 93.7 cm³/mol. The third-order valence-corrected chi connectivity index (χ3v) is 5.10. The summed E-state index contributed by atoms with van der Waals surface area (Å²) in [4.78, 5) is 22.7. The molecule has 0 bridgehead atoms. The van der Waals surface area contributed by atoms with Crippen molar-refractivity contribution in [2.24, 2.45) is 10.8 Å². The zero-order chi connectivity index (χ0) is 18.9. The second-order valence-corrected chi connectivity index (χ2v) is 6.50. The highest BCUT2D eigenvalue weighted by Gasteiger charge is 2.45. The smallest absolute Gasteiger partial charge is 0.330 e. The molecule has 0 radical (unpaired) electrons. The van der Waals surface area contributed by atoms with Crippen LogP contribution in [0.15, 0.2) is 25.3 Å². The molecule has 0 aromatic heterocycles. The highest BCUT2D eigenvalue weighted by Crippen LogP contribution is 2.39. The molecule has 0 amide bonds. The van der Waals surface area contributed by atoms with Crippen LogP contribution in [0.2, 0.25) is 0 Å². The summed E-state index contributed by atoms with van der Waals surface area (Å²) in [6, 6.07) is 0. The standard InChI is InChI=1S/C19H30O6/c1-6-15(20)22-11-18(8-3)12-24-17(25-13-18)19(9-4,10-5)14-23-16(21)7-2/h6-7,17H,1-2,8-14H2,3-5H3. The van der Waals surface area contributed by atoms with Crippen molar-refractivity contribution in [3.63, 3.8) is 0 Å². The van der Waals surface area contributed by atoms with Crippen LogP contribution in [-0.2, 0) is 28.5 Å². The SMILES string of the molecule is C=CC(=O)OCC1(CC)COC(C(CC)(CC)COC(=O)C=C)OC1. The zero-order valence-electron chi connectivity index (χ0n) is 15.5. The molecule has 1 aliphatic heterocycles. The Balaban J connectivity index is 2.74. The number of ether oxygens (including phenoxy) is 4. The highest BCUT2D eigenvalue weighted by molar-refractivity contribution is 5.81. The predicted octanol–water partition coefficient (Wildman–Crippen LogP) is 3.02. The first-order chi connectivity index (χ1) is 11.9. The molecule has 1 saturated heterocycles. The monoisotopic (exact) mass is 354 g/mol. The van der Waals surface area contributed by atoms with E-state index < -0.39 is 23.6 Å². The summed E-state index contributed by atoms with van der Waals surface area (Å²) < 4.78 is 22.5. The van der Waals surface area contributed by atoms with E-state index >= 15 is 0 Å². The van der Waals surface area contributed by atoms with Gasteiger partial charge in [0.1, 0.15) is 13.2 Å². The zero-order valence-corrected chi connectivity index (χ0v) is 15.5. The van der Waals surface area contributed by atoms with E-state index in [1.54, 1.807) is 0 Å². The van der Waals surface area contributed by atoms with Crippen molar-refractivity contribution in [2.75, 3.05) is 26.4 Å². The lowest BCUT2D eigenvalue weighted by Gasteiger charge is -2.45. The van der Waals surface area contributed by atoms with Gasteiger partial charge >= 0.3 is 11.9 Å². The molecular weight excluding hydrogens is 324 g/mol. The van der Waals surface area contributed by atoms with Gasteiger partial charge in [-0.1, -0.05) is 33.9 Å². The van der Waals surface area contributed by atoms with Crippen LogP contribution in [0.1, 0.15) is 40.0 Å². The molecule has 0 unspecified atom stereocenters. The highest BCUT2D eigenvalue weighted by atomic mass is 16.7. The van der Waals surface area contributed by atoms with Gasteiger partial charge in [-0.25, -0.2) is 9.59 Å². The van der Waals surface area contributed by atoms with Gasteiger partial charge in [-0.05, 0) is 19.3 Å². The Morgan fingerprint density at radius 1 is 1.08 bits per heavy atom. The Kier molecular flexibility index (Phi) is 8.32. The Hall–Kier alpha value is -1.66. The maximum absolute atomic E-state index is 11.4. The summed E-state index contributed by atoms with van der Waals surface area (Å²) in [6.45, 7) is 14.1. The number of esters is 2. The second kappa shape index (κ2) is 9.73. The molecule has 6 nitrogen and oxygen atoms in total. The summed E-state index contributed by atoms with van der Waals surface area (Å²) in [5, 5.41) is 0. The van der Waals surface area contributed by atoms with Crippen LogP contribution < -0.4 is 0 Å². The number of hydrogen-bond donors (Lipinski definition) is 0. The average molecular weight is 354 g/mol. The second-order valence-electron chi connectivity index (χ2n) is 6.50. The van der Waals surface area contributed by atoms with E-state index in [0.717, 1.165) is 31.4 Å². The fourth-order valence-electron chi connectivity index (χ4n) is 2.75. The lowest BCUT2D eigenvalue weighted by Crippen LogP contribution is -2.52. The van der Waals surface area contributed by atoms with Crippen LogP contribution in [0.5, 0.6) is 0 Å². The Morgan fingerprint density at radius 3 is 2.04 bits per heavy atom. The number of rotatable bonds is 10. The third kappa shape index (κ3) is 5.41. The van der Waals surface area contributed by atoms with Crippen LogP contribution in [0.3, 0.4) is 0 Å². The third-order valence-electron chi connectivity index (χ3n) is 5.10. The van der Waals surface area contributed by atoms with Crippen molar-refractivity contribution in [2.45, 2.75) is 46.3 Å². The minimum absolute atomic E-state index is 0.208. The van der Waals surface area contributed by atoms with Gasteiger partial charge in [-0.2, -0.15) is 0 Å². The van der Waals surface area contributed by atoms with Gasteiger partial charge < -0.3 is 18.9 Å².